The van der Waals surface area contributed by atoms with Gasteiger partial charge < -0.3 is 0 Å². The second kappa shape index (κ2) is 3.78. The summed E-state index contributed by atoms with van der Waals surface area (Å²) in [6.07, 6.45) is 0. The highest BCUT2D eigenvalue weighted by molar-refractivity contribution is 9.08. The van der Waals surface area contributed by atoms with Crippen LogP contribution in [-0.2, 0) is 5.33 Å². The van der Waals surface area contributed by atoms with Crippen molar-refractivity contribution in [3.8, 4) is 0 Å². The van der Waals surface area contributed by atoms with Crippen LogP contribution < -0.4 is 5.43 Å². The molecule has 0 amide bonds. The molecular weight excluding hydrogens is 304 g/mol. The van der Waals surface area contributed by atoms with Gasteiger partial charge in [-0.05, 0) is 18.2 Å². The first-order valence-electron chi connectivity index (χ1n) is 6.02. The summed E-state index contributed by atoms with van der Waals surface area (Å²) in [4.78, 5) is 12.5. The predicted octanol–water partition coefficient (Wildman–Crippen LogP) is 3.33. The standard InChI is InChI=1S/C15H9BrN2O/c16-8-12-9-5-3-6-11-14(9)18(17-12)13-7-2-1-4-10(13)15(11)19/h1-7H,8H2. The SMILES string of the molecule is O=c1c2ccccc2n2nc(CBr)c3cccc1c32. The molecular formula is C15H9BrN2O. The molecule has 2 aromatic carbocycles. The lowest BCUT2D eigenvalue weighted by Crippen LogP contribution is -2.06. The molecule has 0 N–H and O–H groups in total. The normalized spacial score (nSPS) is 11.8. The van der Waals surface area contributed by atoms with Gasteiger partial charge in [-0.2, -0.15) is 5.10 Å². The van der Waals surface area contributed by atoms with Crippen LogP contribution >= 0.6 is 15.9 Å². The Labute approximate surface area is 116 Å². The smallest absolute Gasteiger partial charge is 0.197 e. The van der Waals surface area contributed by atoms with Gasteiger partial charge in [-0.15, -0.1) is 0 Å². The Balaban J connectivity index is 2.45. The molecule has 4 aromatic rings. The topological polar surface area (TPSA) is 34.4 Å². The van der Waals surface area contributed by atoms with E-state index < -0.39 is 0 Å². The number of alkyl halides is 1. The maximum absolute atomic E-state index is 12.5. The molecule has 0 fully saturated rings. The summed E-state index contributed by atoms with van der Waals surface area (Å²) in [5.74, 6) is 0. The zero-order chi connectivity index (χ0) is 13.0. The Morgan fingerprint density at radius 3 is 2.58 bits per heavy atom. The molecule has 0 bridgehead atoms. The molecule has 2 aromatic heterocycles. The molecule has 0 aliphatic rings. The molecule has 2 heterocycles. The molecule has 4 rings (SSSR count). The number of pyridine rings is 1. The van der Waals surface area contributed by atoms with Crippen molar-refractivity contribution < 1.29 is 0 Å². The molecule has 0 radical (unpaired) electrons. The summed E-state index contributed by atoms with van der Waals surface area (Å²) in [6.45, 7) is 0. The van der Waals surface area contributed by atoms with E-state index in [2.05, 4.69) is 21.0 Å². The molecule has 0 aliphatic heterocycles. The van der Waals surface area contributed by atoms with Gasteiger partial charge in [0.05, 0.1) is 16.7 Å². The lowest BCUT2D eigenvalue weighted by molar-refractivity contribution is 0.970. The fourth-order valence-electron chi connectivity index (χ4n) is 2.68. The number of halogens is 1. The van der Waals surface area contributed by atoms with Crippen molar-refractivity contribution in [1.82, 2.24) is 9.61 Å². The van der Waals surface area contributed by atoms with Crippen LogP contribution in [0.15, 0.2) is 47.3 Å². The fourth-order valence-corrected chi connectivity index (χ4v) is 3.10. The Bertz CT molecular complexity index is 974. The summed E-state index contributed by atoms with van der Waals surface area (Å²) in [7, 11) is 0. The fraction of sp³-hybridized carbons (Fsp3) is 0.0667. The minimum Gasteiger partial charge on any atom is -0.288 e. The minimum atomic E-state index is 0.0784. The van der Waals surface area contributed by atoms with E-state index in [0.717, 1.165) is 27.5 Å². The molecule has 0 saturated heterocycles. The first-order chi connectivity index (χ1) is 9.31. The van der Waals surface area contributed by atoms with Gasteiger partial charge in [0.2, 0.25) is 0 Å². The van der Waals surface area contributed by atoms with Crippen molar-refractivity contribution in [3.05, 3.63) is 58.4 Å². The van der Waals surface area contributed by atoms with Crippen LogP contribution in [0.25, 0.3) is 27.2 Å². The third-order valence-corrected chi connectivity index (χ3v) is 4.06. The van der Waals surface area contributed by atoms with Crippen LogP contribution in [0, 0.1) is 0 Å². The Morgan fingerprint density at radius 2 is 1.74 bits per heavy atom. The third kappa shape index (κ3) is 1.32. The molecule has 0 spiro atoms. The zero-order valence-corrected chi connectivity index (χ0v) is 11.5. The first kappa shape index (κ1) is 10.9. The van der Waals surface area contributed by atoms with Gasteiger partial charge in [0.25, 0.3) is 0 Å². The summed E-state index contributed by atoms with van der Waals surface area (Å²) < 4.78 is 1.89. The zero-order valence-electron chi connectivity index (χ0n) is 9.93. The number of nitrogens with zero attached hydrogens (tertiary/aromatic N) is 2. The maximum atomic E-state index is 12.5. The quantitative estimate of drug-likeness (QED) is 0.399. The van der Waals surface area contributed by atoms with Gasteiger partial charge in [-0.25, -0.2) is 4.52 Å². The van der Waals surface area contributed by atoms with Gasteiger partial charge in [-0.1, -0.05) is 40.2 Å². The van der Waals surface area contributed by atoms with Crippen molar-refractivity contribution in [3.63, 3.8) is 0 Å². The number of hydrogen-bond acceptors (Lipinski definition) is 2. The molecule has 4 heteroatoms. The van der Waals surface area contributed by atoms with Crippen LogP contribution in [0.4, 0.5) is 0 Å². The second-order valence-electron chi connectivity index (χ2n) is 4.54. The van der Waals surface area contributed by atoms with Crippen LogP contribution in [0.2, 0.25) is 0 Å². The summed E-state index contributed by atoms with van der Waals surface area (Å²) in [5.41, 5.74) is 2.82. The van der Waals surface area contributed by atoms with E-state index in [1.807, 2.05) is 47.0 Å². The van der Waals surface area contributed by atoms with E-state index in [9.17, 15) is 4.79 Å². The Kier molecular flexibility index (Phi) is 2.17. The van der Waals surface area contributed by atoms with E-state index >= 15 is 0 Å². The second-order valence-corrected chi connectivity index (χ2v) is 5.10. The van der Waals surface area contributed by atoms with Crippen molar-refractivity contribution in [2.45, 2.75) is 5.33 Å². The number of benzene rings is 2. The van der Waals surface area contributed by atoms with Crippen LogP contribution in [0.3, 0.4) is 0 Å². The van der Waals surface area contributed by atoms with E-state index in [1.165, 1.54) is 0 Å². The highest BCUT2D eigenvalue weighted by atomic mass is 79.9. The summed E-state index contributed by atoms with van der Waals surface area (Å²) >= 11 is 3.46. The van der Waals surface area contributed by atoms with Gasteiger partial charge in [-0.3, -0.25) is 4.79 Å². The lowest BCUT2D eigenvalue weighted by atomic mass is 10.1. The van der Waals surface area contributed by atoms with E-state index in [4.69, 9.17) is 0 Å². The monoisotopic (exact) mass is 312 g/mol. The number of para-hydroxylation sites is 2. The number of aromatic nitrogens is 2. The highest BCUT2D eigenvalue weighted by Crippen LogP contribution is 2.26. The Hall–Kier alpha value is -1.94. The van der Waals surface area contributed by atoms with Crippen LogP contribution in [-0.4, -0.2) is 9.61 Å². The molecule has 0 unspecified atom stereocenters. The average molecular weight is 313 g/mol. The van der Waals surface area contributed by atoms with E-state index in [-0.39, 0.29) is 5.43 Å². The van der Waals surface area contributed by atoms with Gasteiger partial charge in [0.1, 0.15) is 0 Å². The van der Waals surface area contributed by atoms with Gasteiger partial charge >= 0.3 is 0 Å². The number of fused-ring (bicyclic) bond motifs is 2. The molecule has 19 heavy (non-hydrogen) atoms. The summed E-state index contributed by atoms with van der Waals surface area (Å²) in [6, 6.07) is 13.4. The van der Waals surface area contributed by atoms with Crippen molar-refractivity contribution >= 4 is 43.1 Å². The average Bonchev–Trinajstić information content (AvgIpc) is 2.85. The van der Waals surface area contributed by atoms with Crippen molar-refractivity contribution in [2.75, 3.05) is 0 Å². The summed E-state index contributed by atoms with van der Waals surface area (Å²) in [5, 5.41) is 7.79. The van der Waals surface area contributed by atoms with E-state index in [1.54, 1.807) is 0 Å². The van der Waals surface area contributed by atoms with E-state index in [0.29, 0.717) is 10.7 Å². The number of hydrogen-bond donors (Lipinski definition) is 0. The van der Waals surface area contributed by atoms with Gasteiger partial charge in [0, 0.05) is 21.5 Å². The van der Waals surface area contributed by atoms with Crippen LogP contribution in [0.5, 0.6) is 0 Å². The Morgan fingerprint density at radius 1 is 1.00 bits per heavy atom. The van der Waals surface area contributed by atoms with Gasteiger partial charge in [0.15, 0.2) is 5.43 Å². The first-order valence-corrected chi connectivity index (χ1v) is 7.14. The molecule has 0 saturated carbocycles. The van der Waals surface area contributed by atoms with Crippen LogP contribution in [0.1, 0.15) is 5.69 Å². The molecule has 3 nitrogen and oxygen atoms in total. The number of rotatable bonds is 1. The maximum Gasteiger partial charge on any atom is 0.197 e. The third-order valence-electron chi connectivity index (χ3n) is 3.53. The van der Waals surface area contributed by atoms with Crippen molar-refractivity contribution in [2.24, 2.45) is 0 Å². The largest absolute Gasteiger partial charge is 0.288 e. The molecule has 0 atom stereocenters. The molecule has 0 aliphatic carbocycles. The highest BCUT2D eigenvalue weighted by Gasteiger charge is 2.15. The lowest BCUT2D eigenvalue weighted by Gasteiger charge is -2.03. The minimum absolute atomic E-state index is 0.0784. The predicted molar refractivity (Wildman–Crippen MR) is 80.3 cm³/mol. The molecule has 92 valence electrons. The van der Waals surface area contributed by atoms with Crippen molar-refractivity contribution in [1.29, 1.82) is 0 Å².